The van der Waals surface area contributed by atoms with Crippen LogP contribution in [0, 0.1) is 23.1 Å². The first-order valence-corrected chi connectivity index (χ1v) is 6.02. The van der Waals surface area contributed by atoms with Crippen molar-refractivity contribution in [3.05, 3.63) is 28.2 Å². The summed E-state index contributed by atoms with van der Waals surface area (Å²) < 4.78 is 26.3. The van der Waals surface area contributed by atoms with Gasteiger partial charge in [-0.25, -0.2) is 13.8 Å². The largest absolute Gasteiger partial charge is 0.271 e. The second kappa shape index (κ2) is 5.82. The standard InChI is InChI=1S/C9H6BrF2N3S/c1-16-9(14-4-13)15-8-2-5(10)6(11)3-7(8)12/h2-3H,1H3,(H,14,15). The van der Waals surface area contributed by atoms with Crippen molar-refractivity contribution in [3.8, 4) is 6.19 Å². The minimum Gasteiger partial charge on any atom is -0.271 e. The van der Waals surface area contributed by atoms with E-state index < -0.39 is 11.6 Å². The molecule has 0 radical (unpaired) electrons. The fraction of sp³-hybridized carbons (Fsp3) is 0.111. The molecule has 1 aromatic rings. The maximum Gasteiger partial charge on any atom is 0.183 e. The molecular weight excluding hydrogens is 300 g/mol. The van der Waals surface area contributed by atoms with Crippen LogP contribution in [0.2, 0.25) is 0 Å². The van der Waals surface area contributed by atoms with E-state index in [9.17, 15) is 8.78 Å². The fourth-order valence-corrected chi connectivity index (χ4v) is 1.55. The van der Waals surface area contributed by atoms with E-state index in [1.807, 2.05) is 0 Å². The molecule has 0 unspecified atom stereocenters. The molecule has 0 fully saturated rings. The van der Waals surface area contributed by atoms with Crippen molar-refractivity contribution < 1.29 is 8.78 Å². The number of hydrogen-bond acceptors (Lipinski definition) is 3. The van der Waals surface area contributed by atoms with Crippen molar-refractivity contribution >= 4 is 38.5 Å². The van der Waals surface area contributed by atoms with Crippen LogP contribution in [0.15, 0.2) is 21.6 Å². The Hall–Kier alpha value is -1.13. The van der Waals surface area contributed by atoms with Crippen LogP contribution in [0.4, 0.5) is 14.5 Å². The Morgan fingerprint density at radius 3 is 2.75 bits per heavy atom. The maximum absolute atomic E-state index is 13.3. The molecule has 0 aromatic heterocycles. The maximum atomic E-state index is 13.3. The van der Waals surface area contributed by atoms with Gasteiger partial charge in [-0.15, -0.1) is 0 Å². The first-order valence-electron chi connectivity index (χ1n) is 4.00. The summed E-state index contributed by atoms with van der Waals surface area (Å²) in [6, 6.07) is 1.94. The van der Waals surface area contributed by atoms with E-state index in [2.05, 4.69) is 26.2 Å². The van der Waals surface area contributed by atoms with E-state index >= 15 is 0 Å². The van der Waals surface area contributed by atoms with Crippen LogP contribution in [0.1, 0.15) is 0 Å². The number of nitriles is 1. The van der Waals surface area contributed by atoms with Crippen LogP contribution in [0.5, 0.6) is 0 Å². The van der Waals surface area contributed by atoms with E-state index in [1.165, 1.54) is 6.07 Å². The van der Waals surface area contributed by atoms with Crippen LogP contribution in [-0.4, -0.2) is 11.4 Å². The second-order valence-corrected chi connectivity index (χ2v) is 4.22. The molecule has 0 bridgehead atoms. The molecule has 3 nitrogen and oxygen atoms in total. The lowest BCUT2D eigenvalue weighted by atomic mass is 10.3. The summed E-state index contributed by atoms with van der Waals surface area (Å²) in [5.74, 6) is -1.48. The first kappa shape index (κ1) is 12.9. The van der Waals surface area contributed by atoms with Gasteiger partial charge in [0.15, 0.2) is 17.2 Å². The van der Waals surface area contributed by atoms with Crippen molar-refractivity contribution in [3.63, 3.8) is 0 Å². The Labute approximate surface area is 104 Å². The summed E-state index contributed by atoms with van der Waals surface area (Å²) in [5, 5.41) is 10.9. The smallest absolute Gasteiger partial charge is 0.183 e. The van der Waals surface area contributed by atoms with Gasteiger partial charge in [0.1, 0.15) is 11.5 Å². The summed E-state index contributed by atoms with van der Waals surface area (Å²) in [4.78, 5) is 3.84. The molecule has 0 heterocycles. The van der Waals surface area contributed by atoms with E-state index in [1.54, 1.807) is 12.4 Å². The minimum atomic E-state index is -0.785. The number of nitrogens with zero attached hydrogens (tertiary/aromatic N) is 2. The highest BCUT2D eigenvalue weighted by Crippen LogP contribution is 2.26. The molecule has 0 saturated carbocycles. The van der Waals surface area contributed by atoms with Gasteiger partial charge in [-0.05, 0) is 28.3 Å². The van der Waals surface area contributed by atoms with Gasteiger partial charge in [-0.3, -0.25) is 5.32 Å². The fourth-order valence-electron chi connectivity index (χ4n) is 0.880. The number of amidine groups is 1. The van der Waals surface area contributed by atoms with Crippen molar-refractivity contribution in [2.24, 2.45) is 4.99 Å². The van der Waals surface area contributed by atoms with E-state index in [0.29, 0.717) is 0 Å². The molecule has 0 aliphatic carbocycles. The number of benzene rings is 1. The Bertz CT molecular complexity index is 471. The van der Waals surface area contributed by atoms with E-state index in [0.717, 1.165) is 17.8 Å². The third-order valence-electron chi connectivity index (χ3n) is 1.57. The van der Waals surface area contributed by atoms with Crippen molar-refractivity contribution in [2.45, 2.75) is 0 Å². The van der Waals surface area contributed by atoms with Gasteiger partial charge in [0.05, 0.1) is 4.47 Å². The van der Waals surface area contributed by atoms with Crippen molar-refractivity contribution in [1.82, 2.24) is 5.32 Å². The van der Waals surface area contributed by atoms with Crippen LogP contribution in [-0.2, 0) is 0 Å². The molecule has 0 aliphatic heterocycles. The quantitative estimate of drug-likeness (QED) is 0.285. The third kappa shape index (κ3) is 3.18. The van der Waals surface area contributed by atoms with Crippen LogP contribution >= 0.6 is 27.7 Å². The van der Waals surface area contributed by atoms with Crippen LogP contribution in [0.3, 0.4) is 0 Å². The van der Waals surface area contributed by atoms with Gasteiger partial charge in [-0.2, -0.15) is 5.26 Å². The topological polar surface area (TPSA) is 48.2 Å². The normalized spacial score (nSPS) is 11.1. The summed E-state index contributed by atoms with van der Waals surface area (Å²) in [6.45, 7) is 0. The van der Waals surface area contributed by atoms with Gasteiger partial charge in [0.2, 0.25) is 0 Å². The lowest BCUT2D eigenvalue weighted by Gasteiger charge is -2.02. The average Bonchev–Trinajstić information content (AvgIpc) is 2.25. The summed E-state index contributed by atoms with van der Waals surface area (Å²) in [5.41, 5.74) is -0.0413. The van der Waals surface area contributed by atoms with E-state index in [4.69, 9.17) is 5.26 Å². The molecule has 1 rings (SSSR count). The van der Waals surface area contributed by atoms with E-state index in [-0.39, 0.29) is 15.3 Å². The highest BCUT2D eigenvalue weighted by molar-refractivity contribution is 9.10. The molecule has 0 aliphatic rings. The molecule has 0 atom stereocenters. The first-order chi connectivity index (χ1) is 7.58. The summed E-state index contributed by atoms with van der Waals surface area (Å²) in [7, 11) is 0. The average molecular weight is 306 g/mol. The van der Waals surface area contributed by atoms with Gasteiger partial charge in [0, 0.05) is 6.07 Å². The number of thioether (sulfide) groups is 1. The molecule has 0 spiro atoms. The third-order valence-corrected chi connectivity index (χ3v) is 2.76. The Balaban J connectivity index is 3.14. The minimum absolute atomic E-state index is 0.0413. The van der Waals surface area contributed by atoms with Crippen molar-refractivity contribution in [1.29, 1.82) is 5.26 Å². The predicted octanol–water partition coefficient (Wildman–Crippen LogP) is 3.15. The zero-order chi connectivity index (χ0) is 12.1. The predicted molar refractivity (Wildman–Crippen MR) is 63.4 cm³/mol. The van der Waals surface area contributed by atoms with Gasteiger partial charge in [0.25, 0.3) is 0 Å². The number of halogens is 3. The molecule has 1 aromatic carbocycles. The highest BCUT2D eigenvalue weighted by atomic mass is 79.9. The molecule has 0 saturated heterocycles. The number of hydrogen-bond donors (Lipinski definition) is 1. The second-order valence-electron chi connectivity index (χ2n) is 2.58. The molecule has 0 amide bonds. The van der Waals surface area contributed by atoms with Crippen molar-refractivity contribution in [2.75, 3.05) is 6.26 Å². The molecule has 84 valence electrons. The highest BCUT2D eigenvalue weighted by Gasteiger charge is 2.08. The summed E-state index contributed by atoms with van der Waals surface area (Å²) in [6.07, 6.45) is 3.35. The SMILES string of the molecule is CSC(=Nc1cc(Br)c(F)cc1F)NC#N. The lowest BCUT2D eigenvalue weighted by molar-refractivity contribution is 0.580. The number of aliphatic imine (C=N–C) groups is 1. The van der Waals surface area contributed by atoms with Crippen LogP contribution < -0.4 is 5.32 Å². The Morgan fingerprint density at radius 2 is 2.19 bits per heavy atom. The zero-order valence-corrected chi connectivity index (χ0v) is 10.5. The van der Waals surface area contributed by atoms with Gasteiger partial charge >= 0.3 is 0 Å². The number of nitrogens with one attached hydrogen (secondary N) is 1. The van der Waals surface area contributed by atoms with Crippen LogP contribution in [0.25, 0.3) is 0 Å². The molecule has 1 N–H and O–H groups in total. The lowest BCUT2D eigenvalue weighted by Crippen LogP contribution is -2.12. The molecule has 16 heavy (non-hydrogen) atoms. The molecule has 7 heteroatoms. The number of rotatable bonds is 1. The Kier molecular flexibility index (Phi) is 4.71. The van der Waals surface area contributed by atoms with Gasteiger partial charge < -0.3 is 0 Å². The summed E-state index contributed by atoms with van der Waals surface area (Å²) >= 11 is 4.08. The Morgan fingerprint density at radius 1 is 1.50 bits per heavy atom. The monoisotopic (exact) mass is 305 g/mol. The molecular formula is C9H6BrF2N3S. The van der Waals surface area contributed by atoms with Gasteiger partial charge in [-0.1, -0.05) is 11.8 Å². The zero-order valence-electron chi connectivity index (χ0n) is 8.09.